The van der Waals surface area contributed by atoms with E-state index in [4.69, 9.17) is 5.11 Å². The van der Waals surface area contributed by atoms with Crippen LogP contribution in [0.3, 0.4) is 0 Å². The van der Waals surface area contributed by atoms with E-state index in [1.807, 2.05) is 12.2 Å². The van der Waals surface area contributed by atoms with Crippen LogP contribution in [-0.2, 0) is 0 Å². The SMILES string of the molecule is C=C/C=C/CCCCCCCCCCCCO. The monoisotopic (exact) mass is 238 g/mol. The van der Waals surface area contributed by atoms with Crippen LogP contribution in [0.1, 0.15) is 70.6 Å². The maximum atomic E-state index is 8.63. The lowest BCUT2D eigenvalue weighted by atomic mass is 10.1. The fourth-order valence-electron chi connectivity index (χ4n) is 1.98. The summed E-state index contributed by atoms with van der Waals surface area (Å²) in [6, 6.07) is 0. The van der Waals surface area contributed by atoms with Gasteiger partial charge in [0.15, 0.2) is 0 Å². The molecule has 1 N–H and O–H groups in total. The average Bonchev–Trinajstić information content (AvgIpc) is 2.35. The smallest absolute Gasteiger partial charge is 0.0431 e. The Balaban J connectivity index is 2.93. The fraction of sp³-hybridized carbons (Fsp3) is 0.750. The first-order valence-electron chi connectivity index (χ1n) is 7.30. The molecule has 0 spiro atoms. The molecule has 0 rings (SSSR count). The lowest BCUT2D eigenvalue weighted by Gasteiger charge is -2.01. The van der Waals surface area contributed by atoms with E-state index >= 15 is 0 Å². The van der Waals surface area contributed by atoms with Crippen LogP contribution in [0.4, 0.5) is 0 Å². The van der Waals surface area contributed by atoms with Gasteiger partial charge in [-0.15, -0.1) is 0 Å². The van der Waals surface area contributed by atoms with Gasteiger partial charge in [0, 0.05) is 6.61 Å². The van der Waals surface area contributed by atoms with Gasteiger partial charge in [-0.25, -0.2) is 0 Å². The van der Waals surface area contributed by atoms with Crippen molar-refractivity contribution in [1.29, 1.82) is 0 Å². The molecular formula is C16H30O. The molecule has 0 bridgehead atoms. The fourth-order valence-corrected chi connectivity index (χ4v) is 1.98. The van der Waals surface area contributed by atoms with Crippen molar-refractivity contribution in [2.75, 3.05) is 6.61 Å². The minimum Gasteiger partial charge on any atom is -0.396 e. The van der Waals surface area contributed by atoms with Gasteiger partial charge in [0.05, 0.1) is 0 Å². The molecule has 0 atom stereocenters. The van der Waals surface area contributed by atoms with E-state index < -0.39 is 0 Å². The van der Waals surface area contributed by atoms with E-state index in [0.717, 1.165) is 6.42 Å². The predicted octanol–water partition coefficient (Wildman–Crippen LogP) is 5.01. The molecule has 100 valence electrons. The van der Waals surface area contributed by atoms with Gasteiger partial charge >= 0.3 is 0 Å². The molecule has 0 amide bonds. The Morgan fingerprint density at radius 2 is 1.18 bits per heavy atom. The highest BCUT2D eigenvalue weighted by Gasteiger charge is 1.92. The Labute approximate surface area is 108 Å². The molecule has 1 heteroatoms. The molecule has 0 aliphatic rings. The van der Waals surface area contributed by atoms with Crippen molar-refractivity contribution >= 4 is 0 Å². The van der Waals surface area contributed by atoms with Gasteiger partial charge in [-0.3, -0.25) is 0 Å². The van der Waals surface area contributed by atoms with Gasteiger partial charge in [0.1, 0.15) is 0 Å². The second kappa shape index (κ2) is 15.4. The highest BCUT2D eigenvalue weighted by molar-refractivity contribution is 4.96. The van der Waals surface area contributed by atoms with Gasteiger partial charge in [0.2, 0.25) is 0 Å². The zero-order chi connectivity index (χ0) is 12.6. The van der Waals surface area contributed by atoms with Crippen molar-refractivity contribution in [3.05, 3.63) is 24.8 Å². The number of aliphatic hydroxyl groups excluding tert-OH is 1. The highest BCUT2D eigenvalue weighted by Crippen LogP contribution is 2.11. The molecule has 0 aromatic carbocycles. The summed E-state index contributed by atoms with van der Waals surface area (Å²) in [4.78, 5) is 0. The van der Waals surface area contributed by atoms with Crippen LogP contribution in [0.25, 0.3) is 0 Å². The van der Waals surface area contributed by atoms with Crippen molar-refractivity contribution in [3.63, 3.8) is 0 Å². The predicted molar refractivity (Wildman–Crippen MR) is 77.2 cm³/mol. The van der Waals surface area contributed by atoms with Crippen LogP contribution < -0.4 is 0 Å². The lowest BCUT2D eigenvalue weighted by molar-refractivity contribution is 0.282. The first-order valence-corrected chi connectivity index (χ1v) is 7.30. The number of allylic oxidation sites excluding steroid dienone is 3. The maximum absolute atomic E-state index is 8.63. The molecule has 0 heterocycles. The molecule has 17 heavy (non-hydrogen) atoms. The van der Waals surface area contributed by atoms with Crippen molar-refractivity contribution in [3.8, 4) is 0 Å². The normalized spacial score (nSPS) is 11.1. The topological polar surface area (TPSA) is 20.2 Å². The molecule has 0 aromatic heterocycles. The summed E-state index contributed by atoms with van der Waals surface area (Å²) < 4.78 is 0. The Kier molecular flexibility index (Phi) is 14.9. The number of hydrogen-bond acceptors (Lipinski definition) is 1. The summed E-state index contributed by atoms with van der Waals surface area (Å²) in [5.74, 6) is 0. The molecule has 0 saturated heterocycles. The van der Waals surface area contributed by atoms with Crippen LogP contribution in [-0.4, -0.2) is 11.7 Å². The Bertz CT molecular complexity index is 172. The molecule has 0 aliphatic carbocycles. The van der Waals surface area contributed by atoms with E-state index in [0.29, 0.717) is 6.61 Å². The Morgan fingerprint density at radius 1 is 0.706 bits per heavy atom. The Hall–Kier alpha value is -0.560. The molecule has 0 radical (unpaired) electrons. The third-order valence-electron chi connectivity index (χ3n) is 3.05. The van der Waals surface area contributed by atoms with Gasteiger partial charge in [0.25, 0.3) is 0 Å². The standard InChI is InChI=1S/C16H30O/c1-2-3-4-5-6-7-8-9-10-11-12-13-14-15-16-17/h2-4,17H,1,5-16H2/b4-3+. The maximum Gasteiger partial charge on any atom is 0.0431 e. The van der Waals surface area contributed by atoms with Crippen LogP contribution in [0.2, 0.25) is 0 Å². The van der Waals surface area contributed by atoms with Crippen LogP contribution in [0, 0.1) is 0 Å². The first-order chi connectivity index (χ1) is 8.41. The average molecular weight is 238 g/mol. The molecule has 0 aromatic rings. The van der Waals surface area contributed by atoms with Gasteiger partial charge in [-0.05, 0) is 19.3 Å². The summed E-state index contributed by atoms with van der Waals surface area (Å²) >= 11 is 0. The summed E-state index contributed by atoms with van der Waals surface area (Å²) in [5, 5.41) is 8.63. The van der Waals surface area contributed by atoms with Crippen LogP contribution >= 0.6 is 0 Å². The van der Waals surface area contributed by atoms with E-state index in [2.05, 4.69) is 12.7 Å². The second-order valence-corrected chi connectivity index (χ2v) is 4.71. The molecule has 1 nitrogen and oxygen atoms in total. The van der Waals surface area contributed by atoms with E-state index in [-0.39, 0.29) is 0 Å². The third kappa shape index (κ3) is 15.4. The molecular weight excluding hydrogens is 208 g/mol. The lowest BCUT2D eigenvalue weighted by Crippen LogP contribution is -1.84. The van der Waals surface area contributed by atoms with Crippen molar-refractivity contribution in [2.24, 2.45) is 0 Å². The molecule has 0 saturated carbocycles. The summed E-state index contributed by atoms with van der Waals surface area (Å²) in [6.45, 7) is 4.02. The number of hydrogen-bond donors (Lipinski definition) is 1. The number of unbranched alkanes of at least 4 members (excludes halogenated alkanes) is 10. The summed E-state index contributed by atoms with van der Waals surface area (Å²) in [6.07, 6.45) is 20.4. The van der Waals surface area contributed by atoms with Crippen LogP contribution in [0.15, 0.2) is 24.8 Å². The number of rotatable bonds is 13. The Morgan fingerprint density at radius 3 is 1.65 bits per heavy atom. The van der Waals surface area contributed by atoms with Crippen LogP contribution in [0.5, 0.6) is 0 Å². The minimum absolute atomic E-state index is 0.361. The molecule has 0 fully saturated rings. The zero-order valence-corrected chi connectivity index (χ0v) is 11.4. The first kappa shape index (κ1) is 16.4. The van der Waals surface area contributed by atoms with Gasteiger partial charge in [-0.1, -0.05) is 76.2 Å². The second-order valence-electron chi connectivity index (χ2n) is 4.71. The van der Waals surface area contributed by atoms with Gasteiger partial charge in [-0.2, -0.15) is 0 Å². The minimum atomic E-state index is 0.361. The summed E-state index contributed by atoms with van der Waals surface area (Å²) in [5.41, 5.74) is 0. The highest BCUT2D eigenvalue weighted by atomic mass is 16.2. The zero-order valence-electron chi connectivity index (χ0n) is 11.4. The quantitative estimate of drug-likeness (QED) is 0.353. The van der Waals surface area contributed by atoms with E-state index in [1.165, 1.54) is 64.2 Å². The summed E-state index contributed by atoms with van der Waals surface area (Å²) in [7, 11) is 0. The largest absolute Gasteiger partial charge is 0.396 e. The van der Waals surface area contributed by atoms with Crippen molar-refractivity contribution < 1.29 is 5.11 Å². The molecule has 0 aliphatic heterocycles. The van der Waals surface area contributed by atoms with Crippen molar-refractivity contribution in [2.45, 2.75) is 70.6 Å². The third-order valence-corrected chi connectivity index (χ3v) is 3.05. The number of aliphatic hydroxyl groups is 1. The van der Waals surface area contributed by atoms with Crippen molar-refractivity contribution in [1.82, 2.24) is 0 Å². The van der Waals surface area contributed by atoms with E-state index in [1.54, 1.807) is 0 Å². The molecule has 0 unspecified atom stereocenters. The van der Waals surface area contributed by atoms with Gasteiger partial charge < -0.3 is 5.11 Å². The van der Waals surface area contributed by atoms with E-state index in [9.17, 15) is 0 Å².